The molecule has 2 aromatic heterocycles. The third-order valence-electron chi connectivity index (χ3n) is 3.88. The molecule has 0 fully saturated rings. The summed E-state index contributed by atoms with van der Waals surface area (Å²) in [6.07, 6.45) is 5.17. The van der Waals surface area contributed by atoms with Gasteiger partial charge in [-0.05, 0) is 54.9 Å². The molecular weight excluding hydrogens is 304 g/mol. The maximum atomic E-state index is 6.74. The van der Waals surface area contributed by atoms with Crippen molar-refractivity contribution in [3.8, 4) is 0 Å². The first-order chi connectivity index (χ1) is 9.45. The lowest BCUT2D eigenvalue weighted by atomic mass is 9.95. The standard InChI is InChI=1S/C17H21ClS2/c1-17(2,3)15-9-8-13(20-15)16(18)14-10-11-6-4-5-7-12(11)19-14/h8-10,16H,4-7H2,1-3H3. The third kappa shape index (κ3) is 2.84. The van der Waals surface area contributed by atoms with Gasteiger partial charge in [-0.2, -0.15) is 0 Å². The monoisotopic (exact) mass is 324 g/mol. The second-order valence-electron chi connectivity index (χ2n) is 6.62. The Morgan fingerprint density at radius 3 is 2.45 bits per heavy atom. The van der Waals surface area contributed by atoms with Gasteiger partial charge in [0.2, 0.25) is 0 Å². The van der Waals surface area contributed by atoms with E-state index in [0.29, 0.717) is 0 Å². The maximum absolute atomic E-state index is 6.74. The molecule has 0 saturated carbocycles. The Bertz CT molecular complexity index is 577. The Labute approximate surface area is 134 Å². The van der Waals surface area contributed by atoms with E-state index in [4.69, 9.17) is 11.6 Å². The van der Waals surface area contributed by atoms with Crippen LogP contribution in [0, 0.1) is 0 Å². The van der Waals surface area contributed by atoms with Crippen molar-refractivity contribution in [1.82, 2.24) is 0 Å². The fourth-order valence-electron chi connectivity index (χ4n) is 2.67. The van der Waals surface area contributed by atoms with E-state index in [1.807, 2.05) is 22.7 Å². The van der Waals surface area contributed by atoms with Crippen LogP contribution in [0.2, 0.25) is 0 Å². The normalized spacial score (nSPS) is 17.0. The Morgan fingerprint density at radius 1 is 1.05 bits per heavy atom. The van der Waals surface area contributed by atoms with Crippen LogP contribution in [0.4, 0.5) is 0 Å². The van der Waals surface area contributed by atoms with E-state index in [1.54, 1.807) is 10.4 Å². The van der Waals surface area contributed by atoms with Crippen LogP contribution < -0.4 is 0 Å². The molecule has 0 bridgehead atoms. The number of hydrogen-bond donors (Lipinski definition) is 0. The van der Waals surface area contributed by atoms with E-state index in [-0.39, 0.29) is 10.8 Å². The summed E-state index contributed by atoms with van der Waals surface area (Å²) in [5.74, 6) is 0. The third-order valence-corrected chi connectivity index (χ3v) is 7.49. The van der Waals surface area contributed by atoms with Crippen molar-refractivity contribution in [2.45, 2.75) is 57.2 Å². The first kappa shape index (κ1) is 14.6. The molecule has 0 spiro atoms. The van der Waals surface area contributed by atoms with Crippen LogP contribution in [-0.4, -0.2) is 0 Å². The number of thiophene rings is 2. The van der Waals surface area contributed by atoms with E-state index in [9.17, 15) is 0 Å². The number of fused-ring (bicyclic) bond motifs is 1. The largest absolute Gasteiger partial charge is 0.143 e. The number of alkyl halides is 1. The molecule has 0 aromatic carbocycles. The highest BCUT2D eigenvalue weighted by atomic mass is 35.5. The fraction of sp³-hybridized carbons (Fsp3) is 0.529. The van der Waals surface area contributed by atoms with Crippen LogP contribution in [0.3, 0.4) is 0 Å². The predicted octanol–water partition coefficient (Wildman–Crippen LogP) is 6.31. The predicted molar refractivity (Wildman–Crippen MR) is 91.7 cm³/mol. The number of aryl methyl sites for hydroxylation is 2. The van der Waals surface area contributed by atoms with Crippen LogP contribution in [0.15, 0.2) is 18.2 Å². The molecule has 0 N–H and O–H groups in total. The van der Waals surface area contributed by atoms with Gasteiger partial charge in [0.05, 0.1) is 0 Å². The van der Waals surface area contributed by atoms with Crippen LogP contribution >= 0.6 is 34.3 Å². The highest BCUT2D eigenvalue weighted by Gasteiger charge is 2.22. The summed E-state index contributed by atoms with van der Waals surface area (Å²) in [6.45, 7) is 6.78. The highest BCUT2D eigenvalue weighted by Crippen LogP contribution is 2.42. The van der Waals surface area contributed by atoms with Gasteiger partial charge in [-0.15, -0.1) is 34.3 Å². The average Bonchev–Trinajstić information content (AvgIpc) is 3.04. The van der Waals surface area contributed by atoms with E-state index in [1.165, 1.54) is 40.3 Å². The lowest BCUT2D eigenvalue weighted by Crippen LogP contribution is -2.07. The molecule has 0 aliphatic heterocycles. The zero-order valence-electron chi connectivity index (χ0n) is 12.3. The number of hydrogen-bond acceptors (Lipinski definition) is 2. The molecule has 2 heterocycles. The number of rotatable bonds is 2. The van der Waals surface area contributed by atoms with Gasteiger partial charge in [-0.3, -0.25) is 0 Å². The zero-order chi connectivity index (χ0) is 14.3. The molecule has 0 amide bonds. The van der Waals surface area contributed by atoms with E-state index in [2.05, 4.69) is 39.0 Å². The molecule has 1 aliphatic carbocycles. The molecule has 3 rings (SSSR count). The Balaban J connectivity index is 1.86. The van der Waals surface area contributed by atoms with Gasteiger partial charge in [-0.1, -0.05) is 20.8 Å². The lowest BCUT2D eigenvalue weighted by Gasteiger charge is -2.15. The minimum atomic E-state index is 0.0340. The summed E-state index contributed by atoms with van der Waals surface area (Å²) < 4.78 is 0. The second kappa shape index (κ2) is 5.47. The van der Waals surface area contributed by atoms with Gasteiger partial charge in [0.1, 0.15) is 5.38 Å². The van der Waals surface area contributed by atoms with Gasteiger partial charge >= 0.3 is 0 Å². The highest BCUT2D eigenvalue weighted by molar-refractivity contribution is 7.14. The number of halogens is 1. The van der Waals surface area contributed by atoms with Gasteiger partial charge in [0.25, 0.3) is 0 Å². The molecule has 1 unspecified atom stereocenters. The molecule has 108 valence electrons. The summed E-state index contributed by atoms with van der Waals surface area (Å²) >= 11 is 10.5. The van der Waals surface area contributed by atoms with Crippen LogP contribution in [0.5, 0.6) is 0 Å². The van der Waals surface area contributed by atoms with Crippen molar-refractivity contribution in [3.05, 3.63) is 43.3 Å². The van der Waals surface area contributed by atoms with Crippen LogP contribution in [-0.2, 0) is 18.3 Å². The van der Waals surface area contributed by atoms with Gasteiger partial charge < -0.3 is 0 Å². The van der Waals surface area contributed by atoms with Gasteiger partial charge in [0, 0.05) is 19.5 Å². The van der Waals surface area contributed by atoms with Gasteiger partial charge in [0.15, 0.2) is 0 Å². The van der Waals surface area contributed by atoms with Crippen molar-refractivity contribution in [2.75, 3.05) is 0 Å². The molecular formula is C17H21ClS2. The average molecular weight is 325 g/mol. The smallest absolute Gasteiger partial charge is 0.102 e. The van der Waals surface area contributed by atoms with Crippen LogP contribution in [0.25, 0.3) is 0 Å². The summed E-state index contributed by atoms with van der Waals surface area (Å²) in [5.41, 5.74) is 1.77. The summed E-state index contributed by atoms with van der Waals surface area (Å²) in [7, 11) is 0. The molecule has 1 aliphatic rings. The quantitative estimate of drug-likeness (QED) is 0.567. The van der Waals surface area contributed by atoms with E-state index in [0.717, 1.165) is 0 Å². The van der Waals surface area contributed by atoms with E-state index < -0.39 is 0 Å². The second-order valence-corrected chi connectivity index (χ2v) is 9.34. The van der Waals surface area contributed by atoms with Gasteiger partial charge in [-0.25, -0.2) is 0 Å². The van der Waals surface area contributed by atoms with E-state index >= 15 is 0 Å². The van der Waals surface area contributed by atoms with Crippen molar-refractivity contribution >= 4 is 34.3 Å². The van der Waals surface area contributed by atoms with Crippen molar-refractivity contribution in [3.63, 3.8) is 0 Å². The summed E-state index contributed by atoms with van der Waals surface area (Å²) in [4.78, 5) is 5.61. The Morgan fingerprint density at radius 2 is 1.80 bits per heavy atom. The molecule has 20 heavy (non-hydrogen) atoms. The summed E-state index contributed by atoms with van der Waals surface area (Å²) in [5, 5.41) is 0.0340. The fourth-order valence-corrected chi connectivity index (χ4v) is 5.47. The van der Waals surface area contributed by atoms with Crippen molar-refractivity contribution < 1.29 is 0 Å². The first-order valence-electron chi connectivity index (χ1n) is 7.31. The van der Waals surface area contributed by atoms with Crippen LogP contribution in [0.1, 0.15) is 64.1 Å². The minimum Gasteiger partial charge on any atom is -0.143 e. The minimum absolute atomic E-state index is 0.0340. The molecule has 2 aromatic rings. The van der Waals surface area contributed by atoms with Crippen molar-refractivity contribution in [1.29, 1.82) is 0 Å². The Hall–Kier alpha value is -0.310. The SMILES string of the molecule is CC(C)(C)c1ccc(C(Cl)c2cc3c(s2)CCCC3)s1. The van der Waals surface area contributed by atoms with Crippen molar-refractivity contribution in [2.24, 2.45) is 0 Å². The summed E-state index contributed by atoms with van der Waals surface area (Å²) in [6, 6.07) is 6.80. The molecule has 0 radical (unpaired) electrons. The molecule has 0 nitrogen and oxygen atoms in total. The topological polar surface area (TPSA) is 0 Å². The Kier molecular flexibility index (Phi) is 4.00. The lowest BCUT2D eigenvalue weighted by molar-refractivity contribution is 0.604. The molecule has 1 atom stereocenters. The maximum Gasteiger partial charge on any atom is 0.102 e. The zero-order valence-corrected chi connectivity index (χ0v) is 14.7. The first-order valence-corrected chi connectivity index (χ1v) is 9.38. The molecule has 3 heteroatoms. The molecule has 0 saturated heterocycles.